The maximum Gasteiger partial charge on any atom is 2.00 e. The predicted molar refractivity (Wildman–Crippen MR) is 290 cm³/mol. The van der Waals surface area contributed by atoms with Crippen LogP contribution in [0.3, 0.4) is 0 Å². The number of unbranched alkanes of at least 4 members (excludes halogenated alkanes) is 28. The molecule has 0 aliphatic heterocycles. The van der Waals surface area contributed by atoms with Gasteiger partial charge in [-0.3, -0.25) is 0 Å². The van der Waals surface area contributed by atoms with E-state index in [0.29, 0.717) is 0 Å². The van der Waals surface area contributed by atoms with Crippen LogP contribution in [0.2, 0.25) is 0 Å². The monoisotopic (exact) mass is 937 g/mol. The van der Waals surface area contributed by atoms with Gasteiger partial charge in [-0.1, -0.05) is 262 Å². The fourth-order valence-electron chi connectivity index (χ4n) is 8.86. The van der Waals surface area contributed by atoms with Crippen LogP contribution in [0.5, 0.6) is 0 Å². The van der Waals surface area contributed by atoms with E-state index in [2.05, 4.69) is 109 Å². The van der Waals surface area contributed by atoms with Crippen molar-refractivity contribution >= 4 is 11.4 Å². The fourth-order valence-corrected chi connectivity index (χ4v) is 8.86. The van der Waals surface area contributed by atoms with Gasteiger partial charge in [-0.05, 0) is 92.7 Å². The Morgan fingerprint density at radius 1 is 0.446 bits per heavy atom. The van der Waals surface area contributed by atoms with Crippen LogP contribution in [0, 0.1) is 27.7 Å². The van der Waals surface area contributed by atoms with Gasteiger partial charge in [0.1, 0.15) is 0 Å². The molecule has 0 aromatic heterocycles. The minimum Gasteiger partial charge on any atom is -0.348 e. The number of benzene rings is 2. The van der Waals surface area contributed by atoms with Crippen LogP contribution in [0.1, 0.15) is 293 Å². The average molecular weight is 938 g/mol. The zero-order valence-corrected chi connectivity index (χ0v) is 45.5. The van der Waals surface area contributed by atoms with Crippen LogP contribution >= 0.6 is 0 Å². The molecular weight excluding hydrogens is 831 g/mol. The molecule has 0 radical (unpaired) electrons. The van der Waals surface area contributed by atoms with E-state index < -0.39 is 0 Å². The molecule has 2 rings (SSSR count). The van der Waals surface area contributed by atoms with E-state index >= 15 is 0 Å². The summed E-state index contributed by atoms with van der Waals surface area (Å²) in [5.74, 6) is 2.89. The molecule has 2 aromatic carbocycles. The molecule has 0 bridgehead atoms. The molecule has 2 aromatic rings. The molecule has 0 saturated heterocycles. The van der Waals surface area contributed by atoms with E-state index in [9.17, 15) is 5.53 Å². The minimum absolute atomic E-state index is 0. The third kappa shape index (κ3) is 36.5. The van der Waals surface area contributed by atoms with Crippen molar-refractivity contribution in [2.24, 2.45) is 0 Å². The summed E-state index contributed by atoms with van der Waals surface area (Å²) < 4.78 is 0. The van der Waals surface area contributed by atoms with E-state index in [1.165, 1.54) is 237 Å². The van der Waals surface area contributed by atoms with Crippen LogP contribution < -0.4 is 0 Å². The Balaban J connectivity index is 0. The molecule has 2 nitrogen and oxygen atoms in total. The first kappa shape index (κ1) is 64.9. The fraction of sp³-hybridized carbons (Fsp3) is 0.710. The summed E-state index contributed by atoms with van der Waals surface area (Å²) in [4.78, 5) is 3.32. The molecule has 3 heteroatoms. The summed E-state index contributed by atoms with van der Waals surface area (Å²) >= 11 is 0. The summed E-state index contributed by atoms with van der Waals surface area (Å²) in [5.41, 5.74) is 20.9. The molecule has 0 saturated carbocycles. The van der Waals surface area contributed by atoms with Crippen molar-refractivity contribution in [1.29, 1.82) is 0 Å². The number of hydrogen-bond acceptors (Lipinski definition) is 0. The zero-order chi connectivity index (χ0) is 47.3. The maximum atomic E-state index is 9.41. The second-order valence-corrected chi connectivity index (χ2v) is 19.3. The normalized spacial score (nSPS) is 11.0. The smallest absolute Gasteiger partial charge is 0.348 e. The summed E-state index contributed by atoms with van der Waals surface area (Å²) in [6.07, 6.45) is 47.7. The first-order chi connectivity index (χ1) is 31.3. The van der Waals surface area contributed by atoms with Gasteiger partial charge >= 0.3 is 22.4 Å². The van der Waals surface area contributed by atoms with Crippen molar-refractivity contribution in [3.05, 3.63) is 100 Å². The molecule has 0 aliphatic carbocycles. The molecule has 0 N–H and O–H groups in total. The maximum absolute atomic E-state index is 9.41. The van der Waals surface area contributed by atoms with Gasteiger partial charge in [0.25, 0.3) is 0 Å². The first-order valence-electron chi connectivity index (χ1n) is 27.7. The number of rotatable bonds is 37. The predicted octanol–water partition coefficient (Wildman–Crippen LogP) is 21.0. The van der Waals surface area contributed by atoms with E-state index in [0.717, 1.165) is 44.1 Å². The van der Waals surface area contributed by atoms with Gasteiger partial charge in [-0.2, -0.15) is 12.8 Å². The Morgan fingerprint density at radius 3 is 1.12 bits per heavy atom. The van der Waals surface area contributed by atoms with Gasteiger partial charge in [0.15, 0.2) is 0 Å². The number of nitrogens with zero attached hydrogens (tertiary/aromatic N) is 2. The second-order valence-electron chi connectivity index (χ2n) is 19.3. The summed E-state index contributed by atoms with van der Waals surface area (Å²) in [5, 5.41) is 0. The molecule has 0 aliphatic rings. The molecule has 0 unspecified atom stereocenters. The van der Waals surface area contributed by atoms with E-state index in [4.69, 9.17) is 0 Å². The van der Waals surface area contributed by atoms with Crippen LogP contribution in [0.4, 0.5) is 0 Å². The van der Waals surface area contributed by atoms with E-state index in [1.54, 1.807) is 0 Å². The van der Waals surface area contributed by atoms with E-state index in [1.807, 2.05) is 6.92 Å². The van der Waals surface area contributed by atoms with Gasteiger partial charge in [-0.25, -0.2) is 0 Å². The largest absolute Gasteiger partial charge is 2.00 e. The quantitative estimate of drug-likeness (QED) is 0.0123. The Labute approximate surface area is 417 Å². The molecule has 0 amide bonds. The van der Waals surface area contributed by atoms with Crippen LogP contribution in [0.25, 0.3) is 11.1 Å². The molecule has 0 heterocycles. The van der Waals surface area contributed by atoms with Crippen molar-refractivity contribution in [1.82, 2.24) is 0 Å². The van der Waals surface area contributed by atoms with Gasteiger partial charge in [0, 0.05) is 0 Å². The van der Waals surface area contributed by atoms with E-state index in [-0.39, 0.29) is 16.5 Å². The van der Waals surface area contributed by atoms with Crippen molar-refractivity contribution in [2.75, 3.05) is 0 Å². The van der Waals surface area contributed by atoms with Gasteiger partial charge in [-0.15, -0.1) is 4.79 Å². The van der Waals surface area contributed by atoms with Crippen molar-refractivity contribution in [2.45, 2.75) is 287 Å². The average Bonchev–Trinajstić information content (AvgIpc) is 3.28. The second kappa shape index (κ2) is 48.3. The van der Waals surface area contributed by atoms with Crippen molar-refractivity contribution < 1.29 is 21.3 Å². The van der Waals surface area contributed by atoms with Gasteiger partial charge in [0.2, 0.25) is 0 Å². The topological polar surface area (TPSA) is 36.4 Å². The zero-order valence-electron chi connectivity index (χ0n) is 44.5. The third-order valence-electron chi connectivity index (χ3n) is 12.7. The number of aryl methyl sites for hydroxylation is 4. The summed E-state index contributed by atoms with van der Waals surface area (Å²) in [7, 11) is 0. The Kier molecular flexibility index (Phi) is 48.2. The molecule has 374 valence electrons. The summed E-state index contributed by atoms with van der Waals surface area (Å²) in [6, 6.07) is 14.2. The Morgan fingerprint density at radius 2 is 0.769 bits per heavy atom. The molecule has 0 atom stereocenters. The molecule has 65 heavy (non-hydrogen) atoms. The molecule has 0 fully saturated rings. The minimum atomic E-state index is 0. The van der Waals surface area contributed by atoms with Crippen LogP contribution in [-0.2, 0) is 29.3 Å². The van der Waals surface area contributed by atoms with Crippen molar-refractivity contribution in [3.8, 4) is 0 Å². The number of allylic oxidation sites excluding steroid dienone is 2. The van der Waals surface area contributed by atoms with Crippen LogP contribution in [-0.4, -0.2) is 10.7 Å². The van der Waals surface area contributed by atoms with Gasteiger partial charge in [0.05, 0.1) is 5.57 Å². The molecule has 0 spiro atoms. The number of hydrogen-bond donors (Lipinski definition) is 0. The van der Waals surface area contributed by atoms with Crippen molar-refractivity contribution in [3.63, 3.8) is 0 Å². The van der Waals surface area contributed by atoms with Crippen LogP contribution in [0.15, 0.2) is 47.5 Å². The third-order valence-corrected chi connectivity index (χ3v) is 12.7. The first-order valence-corrected chi connectivity index (χ1v) is 27.7. The Hall–Kier alpha value is -2.17. The SMILES string of the molecule is CCCCCCc1cc(CCCCCC)cc(C(=C(CCCCC)C(C)=C=[N+]=[N-])c2cc(C)cc(C)c2)c1.[CH2-]CCCCCCCCCCCC.[CH2-]CCCCCCCCCCCC.[Ni+2]. The summed E-state index contributed by atoms with van der Waals surface area (Å²) in [6.45, 7) is 25.5. The molecular formula is C62H106N2Ni. The Bertz CT molecular complexity index is 1400. The van der Waals surface area contributed by atoms with Gasteiger partial charge < -0.3 is 19.4 Å². The standard InChI is InChI=1S/C36H52N2.2C13H27.Ni/c1-7-10-13-16-18-31-24-32(19-17-14-11-8-2)26-34(25-31)36(33-22-28(4)21-29(5)23-33)35(20-15-12-9-3)30(6)27-38-37;2*1-3-5-7-9-11-13-12-10-8-6-4-2;/h21-26H,7-20H2,1-6H3;2*1,3-13H2,2H3;/q;2*-1;+2.